The Labute approximate surface area is 118 Å². The molecule has 0 amide bonds. The van der Waals surface area contributed by atoms with Crippen molar-refractivity contribution in [2.24, 2.45) is 0 Å². The van der Waals surface area contributed by atoms with Crippen molar-refractivity contribution >= 4 is 11.6 Å². The fourth-order valence-electron chi connectivity index (χ4n) is 1.63. The van der Waals surface area contributed by atoms with Gasteiger partial charge in [-0.3, -0.25) is 0 Å². The first-order chi connectivity index (χ1) is 9.01. The van der Waals surface area contributed by atoms with E-state index in [1.165, 1.54) is 12.1 Å². The molecule has 1 atom stereocenters. The lowest BCUT2D eigenvalue weighted by Crippen LogP contribution is -2.00. The molecule has 0 saturated carbocycles. The molecule has 0 unspecified atom stereocenters. The van der Waals surface area contributed by atoms with E-state index in [4.69, 9.17) is 16.3 Å². The Kier molecular flexibility index (Phi) is 4.23. The summed E-state index contributed by atoms with van der Waals surface area (Å²) in [7, 11) is 0. The first-order valence-corrected chi connectivity index (χ1v) is 6.50. The van der Waals surface area contributed by atoms with Gasteiger partial charge < -0.3 is 4.74 Å². The number of benzene rings is 2. The molecule has 0 spiro atoms. The molecular weight excluding hydrogens is 263 g/mol. The van der Waals surface area contributed by atoms with Gasteiger partial charge >= 0.3 is 0 Å². The van der Waals surface area contributed by atoms with Gasteiger partial charge in [0.15, 0.2) is 0 Å². The third kappa shape index (κ3) is 3.79. The minimum Gasteiger partial charge on any atom is -0.365 e. The summed E-state index contributed by atoms with van der Waals surface area (Å²) >= 11 is 5.71. The van der Waals surface area contributed by atoms with Crippen LogP contribution in [0.4, 0.5) is 4.39 Å². The van der Waals surface area contributed by atoms with Crippen LogP contribution in [-0.4, -0.2) is 6.61 Å². The van der Waals surface area contributed by atoms with Crippen molar-refractivity contribution in [3.05, 3.63) is 70.5 Å². The lowest BCUT2D eigenvalue weighted by molar-refractivity contribution is 0.329. The topological polar surface area (TPSA) is 12.5 Å². The van der Waals surface area contributed by atoms with Gasteiger partial charge in [-0.05, 0) is 43.2 Å². The van der Waals surface area contributed by atoms with Crippen LogP contribution in [0.5, 0.6) is 0 Å². The molecule has 3 heteroatoms. The highest BCUT2D eigenvalue weighted by Crippen LogP contribution is 2.37. The van der Waals surface area contributed by atoms with Crippen LogP contribution in [0, 0.1) is 12.7 Å². The monoisotopic (exact) mass is 278 g/mol. The molecule has 1 fully saturated rings. The van der Waals surface area contributed by atoms with E-state index in [2.05, 4.69) is 0 Å². The van der Waals surface area contributed by atoms with Gasteiger partial charge in [0.25, 0.3) is 0 Å². The van der Waals surface area contributed by atoms with Crippen LogP contribution in [0.3, 0.4) is 0 Å². The second-order valence-electron chi connectivity index (χ2n) is 4.78. The van der Waals surface area contributed by atoms with E-state index < -0.39 is 0 Å². The van der Waals surface area contributed by atoms with Crippen molar-refractivity contribution in [1.29, 1.82) is 0 Å². The van der Waals surface area contributed by atoms with Gasteiger partial charge in [-0.15, -0.1) is 0 Å². The van der Waals surface area contributed by atoms with Crippen molar-refractivity contribution in [2.45, 2.75) is 19.4 Å². The zero-order valence-corrected chi connectivity index (χ0v) is 11.7. The van der Waals surface area contributed by atoms with E-state index in [-0.39, 0.29) is 11.4 Å². The average Bonchev–Trinajstić information content (AvgIpc) is 3.14. The van der Waals surface area contributed by atoms with Crippen molar-refractivity contribution in [1.82, 2.24) is 0 Å². The van der Waals surface area contributed by atoms with Gasteiger partial charge in [-0.2, -0.15) is 0 Å². The first kappa shape index (κ1) is 14.0. The van der Waals surface area contributed by atoms with Crippen molar-refractivity contribution in [2.75, 3.05) is 6.61 Å². The predicted molar refractivity (Wildman–Crippen MR) is 75.9 cm³/mol. The van der Waals surface area contributed by atoms with E-state index in [0.717, 1.165) is 22.8 Å². The molecular formula is C16H16ClFO. The Balaban J connectivity index is 0.000000148. The third-order valence-corrected chi connectivity index (χ3v) is 3.53. The summed E-state index contributed by atoms with van der Waals surface area (Å²) in [5, 5.41) is 0.840. The summed E-state index contributed by atoms with van der Waals surface area (Å²) in [5.74, 6) is -0.196. The van der Waals surface area contributed by atoms with Crippen molar-refractivity contribution in [3.63, 3.8) is 0 Å². The highest BCUT2D eigenvalue weighted by Gasteiger charge is 2.40. The zero-order valence-electron chi connectivity index (χ0n) is 11.0. The third-order valence-electron chi connectivity index (χ3n) is 3.11. The van der Waals surface area contributed by atoms with Crippen LogP contribution in [0.2, 0.25) is 5.02 Å². The molecule has 3 rings (SSSR count). The van der Waals surface area contributed by atoms with Crippen LogP contribution < -0.4 is 0 Å². The number of aryl methyl sites for hydroxylation is 1. The maximum Gasteiger partial charge on any atom is 0.123 e. The summed E-state index contributed by atoms with van der Waals surface area (Å²) in [5.41, 5.74) is 2.06. The highest BCUT2D eigenvalue weighted by molar-refractivity contribution is 6.31. The van der Waals surface area contributed by atoms with Crippen LogP contribution in [-0.2, 0) is 10.3 Å². The lowest BCUT2D eigenvalue weighted by Gasteiger charge is -2.03. The lowest BCUT2D eigenvalue weighted by atomic mass is 10.0. The van der Waals surface area contributed by atoms with Gasteiger partial charge in [-0.25, -0.2) is 4.39 Å². The Morgan fingerprint density at radius 3 is 2.11 bits per heavy atom. The second-order valence-corrected chi connectivity index (χ2v) is 5.18. The van der Waals surface area contributed by atoms with Gasteiger partial charge in [0.2, 0.25) is 0 Å². The number of epoxide rings is 1. The molecule has 0 aromatic heterocycles. The molecule has 1 heterocycles. The molecule has 1 saturated heterocycles. The van der Waals surface area contributed by atoms with Crippen LogP contribution in [0.1, 0.15) is 18.1 Å². The predicted octanol–water partition coefficient (Wildman–Crippen LogP) is 4.72. The van der Waals surface area contributed by atoms with Gasteiger partial charge in [-0.1, -0.05) is 41.9 Å². The average molecular weight is 279 g/mol. The number of hydrogen-bond donors (Lipinski definition) is 0. The minimum atomic E-state index is -0.196. The molecule has 0 radical (unpaired) electrons. The van der Waals surface area contributed by atoms with Crippen LogP contribution in [0.15, 0.2) is 48.5 Å². The fraction of sp³-hybridized carbons (Fsp3) is 0.250. The van der Waals surface area contributed by atoms with Crippen LogP contribution >= 0.6 is 11.6 Å². The van der Waals surface area contributed by atoms with Crippen LogP contribution in [0.25, 0.3) is 0 Å². The number of rotatable bonds is 1. The van der Waals surface area contributed by atoms with Gasteiger partial charge in [0, 0.05) is 5.02 Å². The summed E-state index contributed by atoms with van der Waals surface area (Å²) in [6.45, 7) is 4.74. The fourth-order valence-corrected chi connectivity index (χ4v) is 1.76. The molecule has 0 bridgehead atoms. The second kappa shape index (κ2) is 5.72. The standard InChI is InChI=1S/C9H9FO.C7H7Cl/c1-9(6-11-9)7-2-4-8(10)5-3-7;1-6-4-2-3-5-7(6)8/h2-5H,6H2,1H3;2-5H,1H3/t9-;/m1./s1. The molecule has 0 aliphatic carbocycles. The molecule has 1 aliphatic heterocycles. The molecule has 0 N–H and O–H groups in total. The van der Waals surface area contributed by atoms with Gasteiger partial charge in [0.1, 0.15) is 11.4 Å². The molecule has 1 nitrogen and oxygen atoms in total. The summed E-state index contributed by atoms with van der Waals surface area (Å²) in [4.78, 5) is 0. The quantitative estimate of drug-likeness (QED) is 0.688. The largest absolute Gasteiger partial charge is 0.365 e. The van der Waals surface area contributed by atoms with Gasteiger partial charge in [0.05, 0.1) is 6.61 Å². The Morgan fingerprint density at radius 2 is 1.68 bits per heavy atom. The molecule has 1 aliphatic rings. The zero-order chi connectivity index (χ0) is 13.9. The Hall–Kier alpha value is -1.38. The number of ether oxygens (including phenoxy) is 1. The number of halogens is 2. The molecule has 19 heavy (non-hydrogen) atoms. The smallest absolute Gasteiger partial charge is 0.123 e. The van der Waals surface area contributed by atoms with E-state index in [1.54, 1.807) is 12.1 Å². The normalized spacial score (nSPS) is 20.4. The van der Waals surface area contributed by atoms with E-state index in [0.29, 0.717) is 0 Å². The molecule has 2 aromatic carbocycles. The minimum absolute atomic E-state index is 0.131. The SMILES string of the molecule is C[C@]1(c2ccc(F)cc2)CO1.Cc1ccccc1Cl. The first-order valence-electron chi connectivity index (χ1n) is 6.12. The number of hydrogen-bond acceptors (Lipinski definition) is 1. The molecule has 100 valence electrons. The van der Waals surface area contributed by atoms with E-state index in [1.807, 2.05) is 38.1 Å². The molecule has 2 aromatic rings. The van der Waals surface area contributed by atoms with E-state index in [9.17, 15) is 4.39 Å². The summed E-state index contributed by atoms with van der Waals surface area (Å²) in [6, 6.07) is 14.2. The Morgan fingerprint density at radius 1 is 1.11 bits per heavy atom. The highest BCUT2D eigenvalue weighted by atomic mass is 35.5. The maximum absolute atomic E-state index is 12.5. The Bertz CT molecular complexity index is 526. The van der Waals surface area contributed by atoms with Crippen molar-refractivity contribution < 1.29 is 9.13 Å². The van der Waals surface area contributed by atoms with Crippen molar-refractivity contribution in [3.8, 4) is 0 Å². The maximum atomic E-state index is 12.5. The summed E-state index contributed by atoms with van der Waals surface area (Å²) in [6.07, 6.45) is 0. The summed E-state index contributed by atoms with van der Waals surface area (Å²) < 4.78 is 17.7. The van der Waals surface area contributed by atoms with E-state index >= 15 is 0 Å².